The van der Waals surface area contributed by atoms with Crippen molar-refractivity contribution < 1.29 is 13.2 Å². The Kier molecular flexibility index (Phi) is 4.87. The van der Waals surface area contributed by atoms with E-state index in [0.29, 0.717) is 18.1 Å². The summed E-state index contributed by atoms with van der Waals surface area (Å²) in [7, 11) is -3.80. The number of nitrogens with zero attached hydrogens (tertiary/aromatic N) is 3. The summed E-state index contributed by atoms with van der Waals surface area (Å²) in [6, 6.07) is 6.86. The largest absolute Gasteiger partial charge is 0.344 e. The Morgan fingerprint density at radius 1 is 1.27 bits per heavy atom. The van der Waals surface area contributed by atoms with Gasteiger partial charge in [0.05, 0.1) is 4.90 Å². The third-order valence-electron chi connectivity index (χ3n) is 3.18. The van der Waals surface area contributed by atoms with Gasteiger partial charge < -0.3 is 4.90 Å². The lowest BCUT2D eigenvalue weighted by molar-refractivity contribution is 0.201. The minimum atomic E-state index is -3.80. The quantitative estimate of drug-likeness (QED) is 0.857. The Bertz CT molecular complexity index is 782. The van der Waals surface area contributed by atoms with Crippen molar-refractivity contribution in [2.45, 2.75) is 23.8 Å². The predicted octanol–water partition coefficient (Wildman–Crippen LogP) is 2.68. The molecule has 1 heterocycles. The Balaban J connectivity index is 2.37. The number of aromatic nitrogens is 2. The second-order valence-corrected chi connectivity index (χ2v) is 6.85. The highest BCUT2D eigenvalue weighted by Crippen LogP contribution is 2.22. The van der Waals surface area contributed by atoms with Crippen LogP contribution in [0.5, 0.6) is 0 Å². The minimum Gasteiger partial charge on any atom is -0.323 e. The monoisotopic (exact) mass is 341 g/mol. The van der Waals surface area contributed by atoms with Gasteiger partial charge in [0, 0.05) is 24.3 Å². The molecule has 1 aromatic carbocycles. The van der Waals surface area contributed by atoms with Crippen LogP contribution < -0.4 is 0 Å². The van der Waals surface area contributed by atoms with Crippen LogP contribution in [-0.2, 0) is 9.84 Å². The van der Waals surface area contributed by atoms with E-state index in [0.717, 1.165) is 4.68 Å². The number of halogens is 1. The number of sulfone groups is 1. The number of amides is 1. The van der Waals surface area contributed by atoms with Crippen LogP contribution in [0, 0.1) is 0 Å². The van der Waals surface area contributed by atoms with Crippen LogP contribution in [-0.4, -0.2) is 42.2 Å². The number of hydrogen-bond acceptors (Lipinski definition) is 4. The summed E-state index contributed by atoms with van der Waals surface area (Å²) >= 11 is 5.82. The van der Waals surface area contributed by atoms with E-state index >= 15 is 0 Å². The number of benzene rings is 1. The standard InChI is InChI=1S/C14H16ClN3O3S/c1-3-17(4-2)14(19)18-9-8-13(16-18)22(20,21)12-7-5-6-11(15)10-12/h5-10H,3-4H2,1-2H3. The highest BCUT2D eigenvalue weighted by atomic mass is 35.5. The van der Waals surface area contributed by atoms with E-state index in [9.17, 15) is 13.2 Å². The molecule has 2 rings (SSSR count). The summed E-state index contributed by atoms with van der Waals surface area (Å²) in [5, 5.41) is 4.03. The molecule has 0 atom stereocenters. The smallest absolute Gasteiger partial charge is 0.323 e. The van der Waals surface area contributed by atoms with E-state index in [1.807, 2.05) is 13.8 Å². The van der Waals surface area contributed by atoms with Gasteiger partial charge in [-0.1, -0.05) is 17.7 Å². The fourth-order valence-electron chi connectivity index (χ4n) is 1.95. The molecule has 2 aromatic rings. The lowest BCUT2D eigenvalue weighted by atomic mass is 10.4. The van der Waals surface area contributed by atoms with Crippen LogP contribution in [0.3, 0.4) is 0 Å². The highest BCUT2D eigenvalue weighted by molar-refractivity contribution is 7.91. The Labute approximate surface area is 134 Å². The Hall–Kier alpha value is -1.86. The average Bonchev–Trinajstić information content (AvgIpc) is 2.99. The molecule has 0 saturated carbocycles. The van der Waals surface area contributed by atoms with Crippen molar-refractivity contribution in [3.8, 4) is 0 Å². The van der Waals surface area contributed by atoms with Gasteiger partial charge in [-0.15, -0.1) is 0 Å². The Morgan fingerprint density at radius 3 is 2.55 bits per heavy atom. The minimum absolute atomic E-state index is 0.0422. The summed E-state index contributed by atoms with van der Waals surface area (Å²) in [5.41, 5.74) is 0. The van der Waals surface area contributed by atoms with Crippen molar-refractivity contribution in [3.05, 3.63) is 41.6 Å². The summed E-state index contributed by atoms with van der Waals surface area (Å²) in [4.78, 5) is 13.7. The first-order chi connectivity index (χ1) is 10.4. The fraction of sp³-hybridized carbons (Fsp3) is 0.286. The molecule has 0 N–H and O–H groups in total. The first-order valence-electron chi connectivity index (χ1n) is 6.75. The van der Waals surface area contributed by atoms with Gasteiger partial charge in [0.25, 0.3) is 0 Å². The van der Waals surface area contributed by atoms with Crippen LogP contribution >= 0.6 is 11.6 Å². The average molecular weight is 342 g/mol. The number of carbonyl (C=O) groups is 1. The molecule has 0 spiro atoms. The molecule has 0 unspecified atom stereocenters. The fourth-order valence-corrected chi connectivity index (χ4v) is 3.42. The predicted molar refractivity (Wildman–Crippen MR) is 82.8 cm³/mol. The first-order valence-corrected chi connectivity index (χ1v) is 8.61. The molecule has 8 heteroatoms. The van der Waals surface area contributed by atoms with Gasteiger partial charge in [0.1, 0.15) is 0 Å². The van der Waals surface area contributed by atoms with Gasteiger partial charge in [-0.2, -0.15) is 9.78 Å². The molecule has 118 valence electrons. The lowest BCUT2D eigenvalue weighted by Crippen LogP contribution is -2.34. The van der Waals surface area contributed by atoms with Gasteiger partial charge in [0.2, 0.25) is 9.84 Å². The molecule has 0 fully saturated rings. The second-order valence-electron chi connectivity index (χ2n) is 4.51. The topological polar surface area (TPSA) is 72.3 Å². The van der Waals surface area contributed by atoms with Gasteiger partial charge in [-0.25, -0.2) is 13.2 Å². The summed E-state index contributed by atoms with van der Waals surface area (Å²) in [6.07, 6.45) is 1.35. The summed E-state index contributed by atoms with van der Waals surface area (Å²) in [5.74, 6) is 0. The lowest BCUT2D eigenvalue weighted by Gasteiger charge is -2.17. The van der Waals surface area contributed by atoms with Crippen molar-refractivity contribution in [2.75, 3.05) is 13.1 Å². The zero-order valence-electron chi connectivity index (χ0n) is 12.2. The normalized spacial score (nSPS) is 11.4. The molecule has 22 heavy (non-hydrogen) atoms. The van der Waals surface area contributed by atoms with Crippen molar-refractivity contribution >= 4 is 27.5 Å². The molecule has 1 amide bonds. The van der Waals surface area contributed by atoms with E-state index in [1.54, 1.807) is 17.0 Å². The van der Waals surface area contributed by atoms with Crippen LogP contribution in [0.4, 0.5) is 4.79 Å². The van der Waals surface area contributed by atoms with Gasteiger partial charge in [-0.3, -0.25) is 0 Å². The van der Waals surface area contributed by atoms with Crippen molar-refractivity contribution in [1.29, 1.82) is 0 Å². The maximum absolute atomic E-state index is 12.5. The van der Waals surface area contributed by atoms with Crippen LogP contribution in [0.15, 0.2) is 46.5 Å². The van der Waals surface area contributed by atoms with E-state index in [4.69, 9.17) is 11.6 Å². The zero-order chi connectivity index (χ0) is 16.3. The molecule has 0 saturated heterocycles. The maximum Gasteiger partial charge on any atom is 0.344 e. The third-order valence-corrected chi connectivity index (χ3v) is 5.05. The highest BCUT2D eigenvalue weighted by Gasteiger charge is 2.23. The van der Waals surface area contributed by atoms with Crippen molar-refractivity contribution in [3.63, 3.8) is 0 Å². The number of hydrogen-bond donors (Lipinski definition) is 0. The maximum atomic E-state index is 12.5. The molecular weight excluding hydrogens is 326 g/mol. The summed E-state index contributed by atoms with van der Waals surface area (Å²) in [6.45, 7) is 4.72. The molecule has 0 aliphatic heterocycles. The van der Waals surface area contributed by atoms with Crippen LogP contribution in [0.1, 0.15) is 13.8 Å². The molecule has 0 bridgehead atoms. The SMILES string of the molecule is CCN(CC)C(=O)n1ccc(S(=O)(=O)c2cccc(Cl)c2)n1. The molecule has 1 aromatic heterocycles. The second kappa shape index (κ2) is 6.50. The number of carbonyl (C=O) groups excluding carboxylic acids is 1. The van der Waals surface area contributed by atoms with Gasteiger partial charge in [-0.05, 0) is 38.1 Å². The summed E-state index contributed by atoms with van der Waals surface area (Å²) < 4.78 is 26.0. The Morgan fingerprint density at radius 2 is 1.95 bits per heavy atom. The first kappa shape index (κ1) is 16.5. The van der Waals surface area contributed by atoms with E-state index in [1.165, 1.54) is 24.4 Å². The van der Waals surface area contributed by atoms with Crippen LogP contribution in [0.2, 0.25) is 5.02 Å². The van der Waals surface area contributed by atoms with Crippen molar-refractivity contribution in [1.82, 2.24) is 14.7 Å². The van der Waals surface area contributed by atoms with Crippen molar-refractivity contribution in [2.24, 2.45) is 0 Å². The van der Waals surface area contributed by atoms with E-state index in [-0.39, 0.29) is 16.0 Å². The van der Waals surface area contributed by atoms with E-state index in [2.05, 4.69) is 5.10 Å². The molecule has 0 radical (unpaired) electrons. The molecule has 0 aliphatic carbocycles. The molecule has 0 aliphatic rings. The van der Waals surface area contributed by atoms with Gasteiger partial charge in [0.15, 0.2) is 5.03 Å². The molecule has 6 nitrogen and oxygen atoms in total. The van der Waals surface area contributed by atoms with Gasteiger partial charge >= 0.3 is 6.03 Å². The molecular formula is C14H16ClN3O3S. The van der Waals surface area contributed by atoms with E-state index < -0.39 is 9.84 Å². The van der Waals surface area contributed by atoms with Crippen LogP contribution in [0.25, 0.3) is 0 Å². The third kappa shape index (κ3) is 3.15. The zero-order valence-corrected chi connectivity index (χ0v) is 13.8. The number of rotatable bonds is 4.